The summed E-state index contributed by atoms with van der Waals surface area (Å²) in [7, 11) is -5.17. The Kier molecular flexibility index (Phi) is 7.48. The second-order valence-electron chi connectivity index (χ2n) is 3.40. The van der Waals surface area contributed by atoms with Gasteiger partial charge in [-0.1, -0.05) is 19.1 Å². The van der Waals surface area contributed by atoms with Crippen LogP contribution in [0.4, 0.5) is 5.69 Å². The van der Waals surface area contributed by atoms with E-state index in [1.54, 1.807) is 6.07 Å². The van der Waals surface area contributed by atoms with E-state index < -0.39 is 16.5 Å². The van der Waals surface area contributed by atoms with Crippen molar-refractivity contribution in [2.75, 3.05) is 18.8 Å². The number of aliphatic hydroxyl groups excluding tert-OH is 1. The van der Waals surface area contributed by atoms with Crippen LogP contribution in [-0.2, 0) is 10.4 Å². The van der Waals surface area contributed by atoms with Gasteiger partial charge >= 0.3 is 0 Å². The molecule has 0 saturated heterocycles. The van der Waals surface area contributed by atoms with Crippen LogP contribution < -0.4 is 11.1 Å². The molecule has 0 amide bonds. The molecule has 104 valence electrons. The summed E-state index contributed by atoms with van der Waals surface area (Å²) in [5.74, 6) is 0. The highest BCUT2D eigenvalue weighted by molar-refractivity contribution is 7.79. The fourth-order valence-corrected chi connectivity index (χ4v) is 1.17. The molecule has 0 aliphatic heterocycles. The Balaban J connectivity index is 0.000000494. The number of rotatable bonds is 4. The lowest BCUT2D eigenvalue weighted by molar-refractivity contribution is 0.175. The summed E-state index contributed by atoms with van der Waals surface area (Å²) in [5, 5.41) is 12.7. The maximum Gasteiger partial charge on any atom is 0.0915 e. The highest BCUT2D eigenvalue weighted by atomic mass is 32.3. The van der Waals surface area contributed by atoms with Gasteiger partial charge in [-0.3, -0.25) is 8.42 Å². The van der Waals surface area contributed by atoms with Crippen molar-refractivity contribution in [3.63, 3.8) is 0 Å². The summed E-state index contributed by atoms with van der Waals surface area (Å²) in [6.07, 6.45) is -0.469. The van der Waals surface area contributed by atoms with Crippen LogP contribution in [0.3, 0.4) is 0 Å². The first-order valence-corrected chi connectivity index (χ1v) is 6.48. The number of hydrogen-bond acceptors (Lipinski definition) is 7. The molecule has 0 spiro atoms. The van der Waals surface area contributed by atoms with Crippen LogP contribution in [0, 0.1) is 0 Å². The number of nitrogen functional groups attached to an aromatic ring is 1. The summed E-state index contributed by atoms with van der Waals surface area (Å²) in [6, 6.07) is 7.32. The Labute approximate surface area is 106 Å². The van der Waals surface area contributed by atoms with Crippen molar-refractivity contribution in [2.45, 2.75) is 13.0 Å². The molecule has 1 rings (SSSR count). The minimum Gasteiger partial charge on any atom is -0.759 e. The third kappa shape index (κ3) is 10.00. The first kappa shape index (κ1) is 16.8. The van der Waals surface area contributed by atoms with Gasteiger partial charge in [-0.15, -0.1) is 0 Å². The van der Waals surface area contributed by atoms with Gasteiger partial charge in [0.05, 0.1) is 6.10 Å². The molecule has 0 radical (unpaired) electrons. The molecule has 0 aliphatic rings. The zero-order valence-electron chi connectivity index (χ0n) is 9.87. The number of nitrogens with one attached hydrogen (secondary N) is 1. The number of nitrogens with two attached hydrogens (primary N) is 1. The van der Waals surface area contributed by atoms with Crippen molar-refractivity contribution in [1.29, 1.82) is 0 Å². The molecule has 1 aromatic carbocycles. The summed E-state index contributed by atoms with van der Waals surface area (Å²) < 4.78 is 34.1. The Morgan fingerprint density at radius 2 is 2.00 bits per heavy atom. The van der Waals surface area contributed by atoms with E-state index in [2.05, 4.69) is 5.32 Å². The topological polar surface area (TPSA) is 139 Å². The van der Waals surface area contributed by atoms with Gasteiger partial charge in [0.1, 0.15) is 0 Å². The van der Waals surface area contributed by atoms with Crippen LogP contribution in [0.1, 0.15) is 18.6 Å². The van der Waals surface area contributed by atoms with Gasteiger partial charge in [0.25, 0.3) is 0 Å². The standard InChI is InChI=1S/C10H16N2O.H2O4S/c1-2-12-7-10(13)8-4-3-5-9(11)6-8;1-5(2,3)4/h3-6,10,12-13H,2,7,11H2,1H3;(H2,1,2,3,4)/p-2. The molecular formula is C10H16N2O5S-2. The summed E-state index contributed by atoms with van der Waals surface area (Å²) in [4.78, 5) is 0. The molecule has 8 heteroatoms. The van der Waals surface area contributed by atoms with E-state index in [0.717, 1.165) is 12.1 Å². The average Bonchev–Trinajstić information content (AvgIpc) is 2.23. The van der Waals surface area contributed by atoms with Crippen LogP contribution in [0.25, 0.3) is 0 Å². The SMILES string of the molecule is CCNCC(O)c1cccc(N)c1.O=S(=O)([O-])[O-]. The summed E-state index contributed by atoms with van der Waals surface area (Å²) >= 11 is 0. The molecule has 1 atom stereocenters. The van der Waals surface area contributed by atoms with Crippen LogP contribution in [-0.4, -0.2) is 35.7 Å². The Bertz CT molecular complexity index is 441. The summed E-state index contributed by atoms with van der Waals surface area (Å²) in [5.41, 5.74) is 7.14. The number of benzene rings is 1. The number of likely N-dealkylation sites (N-methyl/N-ethyl adjacent to an activating group) is 1. The van der Waals surface area contributed by atoms with Gasteiger partial charge in [-0.25, -0.2) is 0 Å². The second-order valence-corrected chi connectivity index (χ2v) is 4.22. The molecule has 0 bridgehead atoms. The first-order valence-electron chi connectivity index (χ1n) is 5.15. The van der Waals surface area contributed by atoms with Crippen LogP contribution in [0.5, 0.6) is 0 Å². The molecule has 0 fully saturated rings. The van der Waals surface area contributed by atoms with E-state index in [-0.39, 0.29) is 0 Å². The molecule has 7 nitrogen and oxygen atoms in total. The van der Waals surface area contributed by atoms with E-state index >= 15 is 0 Å². The third-order valence-corrected chi connectivity index (χ3v) is 1.88. The van der Waals surface area contributed by atoms with E-state index in [1.165, 1.54) is 0 Å². The smallest absolute Gasteiger partial charge is 0.0915 e. The largest absolute Gasteiger partial charge is 0.759 e. The Hall–Kier alpha value is -1.19. The molecule has 18 heavy (non-hydrogen) atoms. The van der Waals surface area contributed by atoms with E-state index in [9.17, 15) is 5.11 Å². The Morgan fingerprint density at radius 1 is 1.44 bits per heavy atom. The van der Waals surface area contributed by atoms with Gasteiger partial charge < -0.3 is 25.3 Å². The monoisotopic (exact) mass is 276 g/mol. The van der Waals surface area contributed by atoms with Crippen molar-refractivity contribution in [2.24, 2.45) is 0 Å². The molecule has 4 N–H and O–H groups in total. The zero-order chi connectivity index (χ0) is 14.2. The lowest BCUT2D eigenvalue weighted by atomic mass is 10.1. The van der Waals surface area contributed by atoms with E-state index in [0.29, 0.717) is 12.2 Å². The van der Waals surface area contributed by atoms with Crippen LogP contribution in [0.15, 0.2) is 24.3 Å². The van der Waals surface area contributed by atoms with Gasteiger partial charge in [-0.05, 0) is 24.2 Å². The maximum atomic E-state index is 9.66. The molecule has 0 heterocycles. The number of anilines is 1. The van der Waals surface area contributed by atoms with Crippen LogP contribution in [0.2, 0.25) is 0 Å². The molecule has 1 unspecified atom stereocenters. The van der Waals surface area contributed by atoms with E-state index in [4.69, 9.17) is 23.3 Å². The third-order valence-electron chi connectivity index (χ3n) is 1.88. The Morgan fingerprint density at radius 3 is 2.44 bits per heavy atom. The normalized spacial score (nSPS) is 12.4. The van der Waals surface area contributed by atoms with Crippen molar-refractivity contribution in [3.05, 3.63) is 29.8 Å². The number of hydrogen-bond donors (Lipinski definition) is 3. The summed E-state index contributed by atoms with van der Waals surface area (Å²) in [6.45, 7) is 3.44. The predicted octanol–water partition coefficient (Wildman–Crippen LogP) is -0.426. The maximum absolute atomic E-state index is 9.66. The van der Waals surface area contributed by atoms with Gasteiger partial charge in [0.15, 0.2) is 0 Å². The average molecular weight is 276 g/mol. The van der Waals surface area contributed by atoms with Crippen molar-refractivity contribution in [3.8, 4) is 0 Å². The van der Waals surface area contributed by atoms with Gasteiger partial charge in [0.2, 0.25) is 0 Å². The zero-order valence-corrected chi connectivity index (χ0v) is 10.7. The molecule has 0 saturated carbocycles. The molecule has 0 aromatic heterocycles. The van der Waals surface area contributed by atoms with Crippen LogP contribution >= 0.6 is 0 Å². The minimum absolute atomic E-state index is 0.469. The number of aliphatic hydroxyl groups is 1. The molecule has 1 aromatic rings. The van der Waals surface area contributed by atoms with Crippen molar-refractivity contribution in [1.82, 2.24) is 5.32 Å². The van der Waals surface area contributed by atoms with Crippen molar-refractivity contribution >= 4 is 16.1 Å². The molecule has 0 aliphatic carbocycles. The molecular weight excluding hydrogens is 260 g/mol. The quantitative estimate of drug-likeness (QED) is 0.385. The van der Waals surface area contributed by atoms with Crippen molar-refractivity contribution < 1.29 is 22.6 Å². The van der Waals surface area contributed by atoms with Gasteiger partial charge in [0, 0.05) is 22.6 Å². The first-order chi connectivity index (χ1) is 8.24. The lowest BCUT2D eigenvalue weighted by Gasteiger charge is -2.11. The second kappa shape index (κ2) is 8.01. The highest BCUT2D eigenvalue weighted by Crippen LogP contribution is 2.14. The fourth-order valence-electron chi connectivity index (χ4n) is 1.17. The minimum atomic E-state index is -5.17. The highest BCUT2D eigenvalue weighted by Gasteiger charge is 2.05. The van der Waals surface area contributed by atoms with Gasteiger partial charge in [-0.2, -0.15) is 0 Å². The predicted molar refractivity (Wildman–Crippen MR) is 64.8 cm³/mol. The lowest BCUT2D eigenvalue weighted by Crippen LogP contribution is -2.20. The van der Waals surface area contributed by atoms with E-state index in [1.807, 2.05) is 25.1 Å². The fraction of sp³-hybridized carbons (Fsp3) is 0.400.